The van der Waals surface area contributed by atoms with Crippen LogP contribution in [0.5, 0.6) is 0 Å². The number of nitrogens with zero attached hydrogens (tertiary/aromatic N) is 1. The Kier molecular flexibility index (Phi) is 4.04. The van der Waals surface area contributed by atoms with Gasteiger partial charge in [-0.1, -0.05) is 29.8 Å². The Morgan fingerprint density at radius 1 is 1.41 bits per heavy atom. The highest BCUT2D eigenvalue weighted by Gasteiger charge is 2.06. The van der Waals surface area contributed by atoms with Gasteiger partial charge < -0.3 is 0 Å². The van der Waals surface area contributed by atoms with E-state index in [9.17, 15) is 4.79 Å². The molecule has 0 saturated heterocycles. The van der Waals surface area contributed by atoms with Gasteiger partial charge in [0.25, 0.3) is 0 Å². The minimum atomic E-state index is 0.265. The highest BCUT2D eigenvalue weighted by atomic mass is 32.1. The average Bonchev–Trinajstić information content (AvgIpc) is 2.79. The number of rotatable bonds is 5. The van der Waals surface area contributed by atoms with Crippen LogP contribution >= 0.6 is 11.3 Å². The molecule has 0 N–H and O–H groups in total. The number of benzene rings is 1. The Bertz CT molecular complexity index is 491. The third-order valence-electron chi connectivity index (χ3n) is 2.61. The average molecular weight is 245 g/mol. The van der Waals surface area contributed by atoms with Gasteiger partial charge in [-0.25, -0.2) is 4.98 Å². The summed E-state index contributed by atoms with van der Waals surface area (Å²) in [5.74, 6) is 0.265. The lowest BCUT2D eigenvalue weighted by Crippen LogP contribution is -2.04. The van der Waals surface area contributed by atoms with E-state index in [1.807, 2.05) is 11.4 Å². The largest absolute Gasteiger partial charge is 0.299 e. The highest BCUT2D eigenvalue weighted by molar-refractivity contribution is 7.09. The fraction of sp³-hybridized carbons (Fsp3) is 0.286. The summed E-state index contributed by atoms with van der Waals surface area (Å²) < 4.78 is 0. The van der Waals surface area contributed by atoms with E-state index in [-0.39, 0.29) is 5.78 Å². The zero-order chi connectivity index (χ0) is 12.1. The van der Waals surface area contributed by atoms with Crippen LogP contribution in [0.2, 0.25) is 0 Å². The third-order valence-corrected chi connectivity index (χ3v) is 3.39. The molecular formula is C14H15NOS. The van der Waals surface area contributed by atoms with Crippen LogP contribution in [0, 0.1) is 6.92 Å². The lowest BCUT2D eigenvalue weighted by molar-refractivity contribution is -0.118. The third kappa shape index (κ3) is 3.79. The number of carbonyl (C=O) groups is 1. The lowest BCUT2D eigenvalue weighted by atomic mass is 10.0. The number of hydrogen-bond acceptors (Lipinski definition) is 3. The van der Waals surface area contributed by atoms with Gasteiger partial charge in [0.15, 0.2) is 0 Å². The summed E-state index contributed by atoms with van der Waals surface area (Å²) in [6, 6.07) is 8.32. The van der Waals surface area contributed by atoms with Crippen molar-refractivity contribution >= 4 is 17.1 Å². The fourth-order valence-electron chi connectivity index (χ4n) is 1.75. The second-order valence-electron chi connectivity index (χ2n) is 4.13. The molecule has 0 saturated carbocycles. The van der Waals surface area contributed by atoms with Gasteiger partial charge in [0.1, 0.15) is 5.78 Å². The Morgan fingerprint density at radius 2 is 2.29 bits per heavy atom. The molecule has 0 bridgehead atoms. The van der Waals surface area contributed by atoms with Gasteiger partial charge in [0, 0.05) is 18.0 Å². The molecule has 0 amide bonds. The Balaban J connectivity index is 1.84. The molecular weight excluding hydrogens is 230 g/mol. The minimum Gasteiger partial charge on any atom is -0.299 e. The highest BCUT2D eigenvalue weighted by Crippen LogP contribution is 2.10. The maximum Gasteiger partial charge on any atom is 0.140 e. The van der Waals surface area contributed by atoms with Gasteiger partial charge >= 0.3 is 0 Å². The first-order valence-electron chi connectivity index (χ1n) is 5.69. The van der Waals surface area contributed by atoms with Gasteiger partial charge in [-0.2, -0.15) is 0 Å². The summed E-state index contributed by atoms with van der Waals surface area (Å²) in [4.78, 5) is 15.9. The van der Waals surface area contributed by atoms with Crippen molar-refractivity contribution in [3.8, 4) is 0 Å². The van der Waals surface area contributed by atoms with E-state index in [0.717, 1.165) is 11.4 Å². The Hall–Kier alpha value is -1.48. The molecule has 2 nitrogen and oxygen atoms in total. The van der Waals surface area contributed by atoms with Crippen molar-refractivity contribution in [2.45, 2.75) is 26.2 Å². The summed E-state index contributed by atoms with van der Waals surface area (Å²) in [7, 11) is 0. The van der Waals surface area contributed by atoms with Crippen molar-refractivity contribution in [2.24, 2.45) is 0 Å². The fourth-order valence-corrected chi connectivity index (χ4v) is 2.39. The molecule has 0 aliphatic rings. The molecule has 17 heavy (non-hydrogen) atoms. The smallest absolute Gasteiger partial charge is 0.140 e. The standard InChI is InChI=1S/C14H15NOS/c1-11-3-2-4-12(9-11)5-6-13(16)10-14-15-7-8-17-14/h2-4,7-9H,5-6,10H2,1H3. The van der Waals surface area contributed by atoms with E-state index in [1.165, 1.54) is 11.1 Å². The van der Waals surface area contributed by atoms with Crippen LogP contribution in [-0.2, 0) is 17.6 Å². The SMILES string of the molecule is Cc1cccc(CCC(=O)Cc2nccs2)c1. The zero-order valence-electron chi connectivity index (χ0n) is 9.85. The predicted molar refractivity (Wildman–Crippen MR) is 70.3 cm³/mol. The van der Waals surface area contributed by atoms with Crippen molar-refractivity contribution in [3.63, 3.8) is 0 Å². The molecule has 0 atom stereocenters. The van der Waals surface area contributed by atoms with E-state index in [0.29, 0.717) is 12.8 Å². The number of ketones is 1. The second kappa shape index (κ2) is 5.73. The summed E-state index contributed by atoms with van der Waals surface area (Å²) in [6.45, 7) is 2.07. The minimum absolute atomic E-state index is 0.265. The maximum absolute atomic E-state index is 11.7. The first-order valence-corrected chi connectivity index (χ1v) is 6.57. The van der Waals surface area contributed by atoms with Crippen LogP contribution in [-0.4, -0.2) is 10.8 Å². The van der Waals surface area contributed by atoms with E-state index in [4.69, 9.17) is 0 Å². The lowest BCUT2D eigenvalue weighted by Gasteiger charge is -2.01. The van der Waals surface area contributed by atoms with Gasteiger partial charge in [0.05, 0.1) is 11.4 Å². The monoisotopic (exact) mass is 245 g/mol. The quantitative estimate of drug-likeness (QED) is 0.809. The summed E-state index contributed by atoms with van der Waals surface area (Å²) in [5.41, 5.74) is 2.48. The second-order valence-corrected chi connectivity index (χ2v) is 5.11. The van der Waals surface area contributed by atoms with Crippen molar-refractivity contribution < 1.29 is 4.79 Å². The van der Waals surface area contributed by atoms with Crippen LogP contribution in [0.1, 0.15) is 22.6 Å². The molecule has 0 unspecified atom stereocenters. The predicted octanol–water partition coefficient (Wildman–Crippen LogP) is 3.20. The van der Waals surface area contributed by atoms with Crippen LogP contribution in [0.4, 0.5) is 0 Å². The van der Waals surface area contributed by atoms with Crippen molar-refractivity contribution in [1.29, 1.82) is 0 Å². The molecule has 1 aromatic heterocycles. The van der Waals surface area contributed by atoms with E-state index >= 15 is 0 Å². The van der Waals surface area contributed by atoms with E-state index in [2.05, 4.69) is 30.1 Å². The topological polar surface area (TPSA) is 30.0 Å². The van der Waals surface area contributed by atoms with Crippen molar-refractivity contribution in [1.82, 2.24) is 4.98 Å². The molecule has 3 heteroatoms. The number of carbonyl (C=O) groups excluding carboxylic acids is 1. The van der Waals surface area contributed by atoms with E-state index < -0.39 is 0 Å². The molecule has 1 aromatic carbocycles. The Labute approximate surface area is 105 Å². The zero-order valence-corrected chi connectivity index (χ0v) is 10.7. The number of thiazole rings is 1. The van der Waals surface area contributed by atoms with Gasteiger partial charge in [-0.3, -0.25) is 4.79 Å². The molecule has 2 aromatic rings. The first-order chi connectivity index (χ1) is 8.24. The number of aryl methyl sites for hydroxylation is 2. The van der Waals surface area contributed by atoms with Crippen molar-refractivity contribution in [3.05, 3.63) is 52.0 Å². The number of hydrogen-bond donors (Lipinski definition) is 0. The molecule has 88 valence electrons. The van der Waals surface area contributed by atoms with Crippen LogP contribution in [0.3, 0.4) is 0 Å². The summed E-state index contributed by atoms with van der Waals surface area (Å²) in [5, 5.41) is 2.82. The first kappa shape index (κ1) is 12.0. The summed E-state index contributed by atoms with van der Waals surface area (Å²) in [6.07, 6.45) is 3.65. The van der Waals surface area contributed by atoms with E-state index in [1.54, 1.807) is 17.5 Å². The van der Waals surface area contributed by atoms with Gasteiger partial charge in [0.2, 0.25) is 0 Å². The van der Waals surface area contributed by atoms with Gasteiger partial charge in [-0.05, 0) is 18.9 Å². The van der Waals surface area contributed by atoms with Gasteiger partial charge in [-0.15, -0.1) is 11.3 Å². The molecule has 0 radical (unpaired) electrons. The van der Waals surface area contributed by atoms with Crippen LogP contribution in [0.15, 0.2) is 35.8 Å². The molecule has 0 aliphatic heterocycles. The van der Waals surface area contributed by atoms with Crippen LogP contribution in [0.25, 0.3) is 0 Å². The van der Waals surface area contributed by atoms with Crippen molar-refractivity contribution in [2.75, 3.05) is 0 Å². The Morgan fingerprint density at radius 3 is 3.00 bits per heavy atom. The van der Waals surface area contributed by atoms with Crippen LogP contribution < -0.4 is 0 Å². The molecule has 0 spiro atoms. The molecule has 1 heterocycles. The maximum atomic E-state index is 11.7. The molecule has 0 aliphatic carbocycles. The number of Topliss-reactive ketones (excluding diaryl/α,β-unsaturated/α-hetero) is 1. The molecule has 2 rings (SSSR count). The molecule has 0 fully saturated rings. The summed E-state index contributed by atoms with van der Waals surface area (Å²) >= 11 is 1.54. The number of aromatic nitrogens is 1. The normalized spacial score (nSPS) is 10.4.